The number of rotatable bonds is 9. The SMILES string of the molecule is COC(=O)C[C@@H](COC(=O)Cc1nc2cc(F)c(F)cc2s1)N(C)C(=O)NCc1ccccc1Cl. The van der Waals surface area contributed by atoms with Gasteiger partial charge in [-0.2, -0.15) is 0 Å². The first kappa shape index (κ1) is 26.3. The second-order valence-corrected chi connectivity index (χ2v) is 9.02. The zero-order chi connectivity index (χ0) is 25.5. The highest BCUT2D eigenvalue weighted by Gasteiger charge is 2.25. The Morgan fingerprint density at radius 2 is 1.89 bits per heavy atom. The summed E-state index contributed by atoms with van der Waals surface area (Å²) < 4.78 is 37.2. The molecule has 8 nitrogen and oxygen atoms in total. The van der Waals surface area contributed by atoms with Crippen LogP contribution in [0.1, 0.15) is 17.0 Å². The van der Waals surface area contributed by atoms with E-state index in [-0.39, 0.29) is 31.5 Å². The van der Waals surface area contributed by atoms with Crippen LogP contribution in [0.2, 0.25) is 5.02 Å². The molecule has 0 bridgehead atoms. The van der Waals surface area contributed by atoms with Crippen molar-refractivity contribution in [2.75, 3.05) is 20.8 Å². The van der Waals surface area contributed by atoms with E-state index in [9.17, 15) is 23.2 Å². The number of hydrogen-bond acceptors (Lipinski definition) is 7. The second kappa shape index (κ2) is 11.9. The van der Waals surface area contributed by atoms with Crippen molar-refractivity contribution in [3.63, 3.8) is 0 Å². The predicted molar refractivity (Wildman–Crippen MR) is 126 cm³/mol. The molecule has 1 atom stereocenters. The number of hydrogen-bond donors (Lipinski definition) is 1. The maximum absolute atomic E-state index is 13.4. The van der Waals surface area contributed by atoms with E-state index in [1.165, 1.54) is 19.1 Å². The fourth-order valence-corrected chi connectivity index (χ4v) is 4.26. The molecule has 0 fully saturated rings. The number of likely N-dealkylation sites (N-methyl/N-ethyl adjacent to an activating group) is 1. The Bertz CT molecular complexity index is 1200. The first-order chi connectivity index (χ1) is 16.7. The van der Waals surface area contributed by atoms with E-state index in [1.54, 1.807) is 24.3 Å². The van der Waals surface area contributed by atoms with Crippen LogP contribution in [0, 0.1) is 11.6 Å². The third-order valence-corrected chi connectivity index (χ3v) is 6.48. The van der Waals surface area contributed by atoms with Gasteiger partial charge in [0.15, 0.2) is 11.6 Å². The molecule has 0 aliphatic rings. The topological polar surface area (TPSA) is 97.8 Å². The molecule has 0 radical (unpaired) electrons. The van der Waals surface area contributed by atoms with Crippen molar-refractivity contribution >= 4 is 51.1 Å². The van der Waals surface area contributed by atoms with E-state index in [0.29, 0.717) is 20.3 Å². The minimum absolute atomic E-state index is 0.159. The first-order valence-electron chi connectivity index (χ1n) is 10.4. The van der Waals surface area contributed by atoms with Crippen LogP contribution < -0.4 is 5.32 Å². The monoisotopic (exact) mass is 525 g/mol. The Labute approximate surface area is 208 Å². The lowest BCUT2D eigenvalue weighted by molar-refractivity contribution is -0.148. The lowest BCUT2D eigenvalue weighted by atomic mass is 10.2. The lowest BCUT2D eigenvalue weighted by Gasteiger charge is -2.27. The molecule has 0 saturated heterocycles. The van der Waals surface area contributed by atoms with Gasteiger partial charge in [0.2, 0.25) is 0 Å². The molecular weight excluding hydrogens is 504 g/mol. The Hall–Kier alpha value is -3.31. The Balaban J connectivity index is 1.60. The van der Waals surface area contributed by atoms with Crippen LogP contribution in [-0.4, -0.2) is 54.7 Å². The lowest BCUT2D eigenvalue weighted by Crippen LogP contribution is -2.46. The molecular formula is C23H22ClF2N3O5S. The highest BCUT2D eigenvalue weighted by atomic mass is 35.5. The van der Waals surface area contributed by atoms with Crippen LogP contribution in [0.3, 0.4) is 0 Å². The van der Waals surface area contributed by atoms with Gasteiger partial charge in [0.05, 0.1) is 36.2 Å². The summed E-state index contributed by atoms with van der Waals surface area (Å²) in [6.45, 7) is -0.121. The Morgan fingerprint density at radius 3 is 2.60 bits per heavy atom. The summed E-state index contributed by atoms with van der Waals surface area (Å²) in [5.41, 5.74) is 0.942. The fraction of sp³-hybridized carbons (Fsp3) is 0.304. The van der Waals surface area contributed by atoms with Crippen LogP contribution in [0.25, 0.3) is 10.2 Å². The number of benzene rings is 2. The molecule has 35 heavy (non-hydrogen) atoms. The minimum atomic E-state index is -1.03. The van der Waals surface area contributed by atoms with Gasteiger partial charge < -0.3 is 19.7 Å². The predicted octanol–water partition coefficient (Wildman–Crippen LogP) is 4.09. The molecule has 2 amide bonds. The standard InChI is InChI=1S/C23H22ClF2N3O5S/c1-29(23(32)27-11-13-5-3-4-6-15(13)24)14(7-21(30)33-2)12-34-22(31)10-20-28-18-8-16(25)17(26)9-19(18)35-20/h3-6,8-9,14H,7,10-12H2,1-2H3,(H,27,32)/t14-/m0/s1. The van der Waals surface area contributed by atoms with Crippen LogP contribution >= 0.6 is 22.9 Å². The molecule has 2 aromatic carbocycles. The summed E-state index contributed by atoms with van der Waals surface area (Å²) in [6.07, 6.45) is -0.449. The number of ether oxygens (including phenoxy) is 2. The number of aromatic nitrogens is 1. The average molecular weight is 526 g/mol. The summed E-state index contributed by atoms with van der Waals surface area (Å²) in [7, 11) is 2.67. The number of urea groups is 1. The van der Waals surface area contributed by atoms with E-state index < -0.39 is 35.6 Å². The van der Waals surface area contributed by atoms with Crippen LogP contribution in [0.5, 0.6) is 0 Å². The number of esters is 2. The van der Waals surface area contributed by atoms with Crippen LogP contribution in [0.15, 0.2) is 36.4 Å². The first-order valence-corrected chi connectivity index (χ1v) is 11.6. The van der Waals surface area contributed by atoms with Gasteiger partial charge in [-0.05, 0) is 17.7 Å². The third kappa shape index (κ3) is 7.09. The highest BCUT2D eigenvalue weighted by molar-refractivity contribution is 7.18. The van der Waals surface area contributed by atoms with Gasteiger partial charge in [-0.15, -0.1) is 11.3 Å². The molecule has 3 rings (SSSR count). The summed E-state index contributed by atoms with van der Waals surface area (Å²) in [5, 5.41) is 3.51. The molecule has 0 aliphatic heterocycles. The molecule has 12 heteroatoms. The van der Waals surface area contributed by atoms with Crippen molar-refractivity contribution in [1.29, 1.82) is 0 Å². The Kier molecular flexibility index (Phi) is 8.94. The van der Waals surface area contributed by atoms with Crippen molar-refractivity contribution in [2.24, 2.45) is 0 Å². The van der Waals surface area contributed by atoms with Crippen LogP contribution in [0.4, 0.5) is 13.6 Å². The number of thiazole rings is 1. The zero-order valence-electron chi connectivity index (χ0n) is 18.8. The molecule has 0 spiro atoms. The number of methoxy groups -OCH3 is 1. The average Bonchev–Trinajstić information content (AvgIpc) is 3.21. The second-order valence-electron chi connectivity index (χ2n) is 7.50. The van der Waals surface area contributed by atoms with Gasteiger partial charge in [-0.25, -0.2) is 18.6 Å². The third-order valence-electron chi connectivity index (χ3n) is 5.09. The molecule has 1 heterocycles. The molecule has 1 N–H and O–H groups in total. The van der Waals surface area contributed by atoms with E-state index in [2.05, 4.69) is 15.0 Å². The van der Waals surface area contributed by atoms with Gasteiger partial charge in [-0.1, -0.05) is 29.8 Å². The molecule has 0 aliphatic carbocycles. The molecule has 0 saturated carbocycles. The maximum atomic E-state index is 13.4. The molecule has 0 unspecified atom stereocenters. The van der Waals surface area contributed by atoms with Gasteiger partial charge in [0, 0.05) is 24.7 Å². The summed E-state index contributed by atoms with van der Waals surface area (Å²) in [6, 6.07) is 7.67. The normalized spacial score (nSPS) is 11.7. The van der Waals surface area contributed by atoms with Gasteiger partial charge >= 0.3 is 18.0 Å². The van der Waals surface area contributed by atoms with Crippen LogP contribution in [-0.2, 0) is 32.0 Å². The van der Waals surface area contributed by atoms with Crippen molar-refractivity contribution in [3.8, 4) is 0 Å². The van der Waals surface area contributed by atoms with Gasteiger partial charge in [0.25, 0.3) is 0 Å². The summed E-state index contributed by atoms with van der Waals surface area (Å²) in [5.74, 6) is -3.30. The largest absolute Gasteiger partial charge is 0.469 e. The fourth-order valence-electron chi connectivity index (χ4n) is 3.10. The number of fused-ring (bicyclic) bond motifs is 1. The smallest absolute Gasteiger partial charge is 0.317 e. The van der Waals surface area contributed by atoms with Crippen molar-refractivity contribution in [2.45, 2.75) is 25.4 Å². The van der Waals surface area contributed by atoms with Crippen molar-refractivity contribution in [3.05, 3.63) is 63.6 Å². The minimum Gasteiger partial charge on any atom is -0.469 e. The van der Waals surface area contributed by atoms with E-state index in [1.807, 2.05) is 0 Å². The molecule has 3 aromatic rings. The number of carbonyl (C=O) groups is 3. The zero-order valence-corrected chi connectivity index (χ0v) is 20.4. The number of carbonyl (C=O) groups excluding carboxylic acids is 3. The Morgan fingerprint density at radius 1 is 1.17 bits per heavy atom. The maximum Gasteiger partial charge on any atom is 0.317 e. The van der Waals surface area contributed by atoms with E-state index in [0.717, 1.165) is 23.5 Å². The number of nitrogens with one attached hydrogen (secondary N) is 1. The summed E-state index contributed by atoms with van der Waals surface area (Å²) >= 11 is 7.14. The molecule has 1 aromatic heterocycles. The highest BCUT2D eigenvalue weighted by Crippen LogP contribution is 2.25. The number of nitrogens with zero attached hydrogens (tertiary/aromatic N) is 2. The quantitative estimate of drug-likeness (QED) is 0.423. The number of amides is 2. The van der Waals surface area contributed by atoms with Gasteiger partial charge in [-0.3, -0.25) is 9.59 Å². The van der Waals surface area contributed by atoms with Crippen molar-refractivity contribution in [1.82, 2.24) is 15.2 Å². The van der Waals surface area contributed by atoms with E-state index in [4.69, 9.17) is 16.3 Å². The molecule has 186 valence electrons. The van der Waals surface area contributed by atoms with E-state index >= 15 is 0 Å². The van der Waals surface area contributed by atoms with Crippen molar-refractivity contribution < 1.29 is 32.6 Å². The summed E-state index contributed by atoms with van der Waals surface area (Å²) in [4.78, 5) is 42.2. The van der Waals surface area contributed by atoms with Gasteiger partial charge in [0.1, 0.15) is 11.6 Å². The number of halogens is 3.